The number of anilines is 1. The maximum atomic E-state index is 13.2. The van der Waals surface area contributed by atoms with Crippen LogP contribution in [0.4, 0.5) is 5.69 Å². The minimum absolute atomic E-state index is 0.0506. The Balaban J connectivity index is 1.62. The van der Waals surface area contributed by atoms with E-state index in [1.165, 1.54) is 15.8 Å². The first-order chi connectivity index (χ1) is 15.1. The van der Waals surface area contributed by atoms with E-state index in [1.54, 1.807) is 24.3 Å². The van der Waals surface area contributed by atoms with Crippen molar-refractivity contribution >= 4 is 11.6 Å². The highest BCUT2D eigenvalue weighted by Gasteiger charge is 2.31. The van der Waals surface area contributed by atoms with Crippen molar-refractivity contribution in [3.8, 4) is 5.69 Å². The summed E-state index contributed by atoms with van der Waals surface area (Å²) < 4.78 is 2.77. The van der Waals surface area contributed by atoms with Crippen LogP contribution in [0.15, 0.2) is 65.5 Å². The lowest BCUT2D eigenvalue weighted by Gasteiger charge is -2.27. The number of amides is 1. The van der Waals surface area contributed by atoms with Crippen molar-refractivity contribution in [2.24, 2.45) is 0 Å². The number of piperidine rings is 1. The van der Waals surface area contributed by atoms with Crippen LogP contribution in [0, 0.1) is 0 Å². The minimum atomic E-state index is -0.714. The van der Waals surface area contributed by atoms with Crippen LogP contribution in [0.1, 0.15) is 29.8 Å². The van der Waals surface area contributed by atoms with Gasteiger partial charge in [0.2, 0.25) is 0 Å². The van der Waals surface area contributed by atoms with Crippen LogP contribution in [0.2, 0.25) is 0 Å². The summed E-state index contributed by atoms with van der Waals surface area (Å²) in [5.74, 6) is -0.521. The predicted molar refractivity (Wildman–Crippen MR) is 117 cm³/mol. The lowest BCUT2D eigenvalue weighted by molar-refractivity contribution is -0.761. The van der Waals surface area contributed by atoms with E-state index < -0.39 is 17.6 Å². The van der Waals surface area contributed by atoms with Crippen LogP contribution in [-0.2, 0) is 6.54 Å². The largest absolute Gasteiger partial charge is 0.411 e. The molecule has 8 nitrogen and oxygen atoms in total. The molecule has 4 rings (SSSR count). The number of para-hydroxylation sites is 2. The van der Waals surface area contributed by atoms with Gasteiger partial charge in [-0.1, -0.05) is 52.7 Å². The van der Waals surface area contributed by atoms with Crippen LogP contribution in [-0.4, -0.2) is 51.5 Å². The molecule has 3 N–H and O–H groups in total. The fraction of sp³-hybridized carbons (Fsp3) is 0.348. The normalized spacial score (nSPS) is 15.5. The van der Waals surface area contributed by atoms with Crippen LogP contribution in [0.5, 0.6) is 0 Å². The molecule has 0 bridgehead atoms. The third kappa shape index (κ3) is 5.10. The Morgan fingerprint density at radius 3 is 2.35 bits per heavy atom. The molecule has 162 valence electrons. The van der Waals surface area contributed by atoms with Crippen LogP contribution in [0.3, 0.4) is 0 Å². The molecule has 0 unspecified atom stereocenters. The molecule has 31 heavy (non-hydrogen) atoms. The average molecular weight is 423 g/mol. The van der Waals surface area contributed by atoms with Gasteiger partial charge < -0.3 is 15.3 Å². The molecule has 1 saturated heterocycles. The van der Waals surface area contributed by atoms with Crippen molar-refractivity contribution < 1.29 is 14.6 Å². The van der Waals surface area contributed by atoms with Crippen LogP contribution < -0.4 is 15.6 Å². The fourth-order valence-electron chi connectivity index (χ4n) is 3.96. The number of β-amino-alcohol motifs (C(OH)–C–C–N with tert-alkyl or cyclic N) is 1. The quantitative estimate of drug-likeness (QED) is 0.504. The summed E-state index contributed by atoms with van der Waals surface area (Å²) in [6.07, 6.45) is 2.77. The van der Waals surface area contributed by atoms with Crippen LogP contribution in [0.25, 0.3) is 5.69 Å². The molecule has 1 aliphatic rings. The number of likely N-dealkylation sites (tertiary alicyclic amines) is 1. The molecule has 1 fully saturated rings. The van der Waals surface area contributed by atoms with Crippen molar-refractivity contribution in [1.82, 2.24) is 14.8 Å². The zero-order chi connectivity index (χ0) is 21.6. The topological polar surface area (TPSA) is 94.2 Å². The average Bonchev–Trinajstić information content (AvgIpc) is 3.11. The summed E-state index contributed by atoms with van der Waals surface area (Å²) in [7, 11) is 0. The van der Waals surface area contributed by atoms with Crippen molar-refractivity contribution in [2.45, 2.75) is 31.9 Å². The van der Waals surface area contributed by atoms with E-state index in [-0.39, 0.29) is 12.2 Å². The third-order valence-corrected chi connectivity index (χ3v) is 5.47. The van der Waals surface area contributed by atoms with Crippen molar-refractivity contribution in [3.05, 3.63) is 76.7 Å². The van der Waals surface area contributed by atoms with E-state index in [2.05, 4.69) is 15.4 Å². The van der Waals surface area contributed by atoms with E-state index in [1.807, 2.05) is 36.4 Å². The molecule has 1 aliphatic heterocycles. The summed E-state index contributed by atoms with van der Waals surface area (Å²) >= 11 is 0. The van der Waals surface area contributed by atoms with Gasteiger partial charge in [0, 0.05) is 12.2 Å². The van der Waals surface area contributed by atoms with Gasteiger partial charge in [0.25, 0.3) is 0 Å². The number of hydrogen-bond donors (Lipinski definition) is 3. The number of rotatable bonds is 7. The number of hydrogen-bond acceptors (Lipinski definition) is 4. The smallest absolute Gasteiger partial charge is 0.388 e. The van der Waals surface area contributed by atoms with E-state index in [0.717, 1.165) is 25.9 Å². The summed E-state index contributed by atoms with van der Waals surface area (Å²) in [6.45, 7) is 2.55. The van der Waals surface area contributed by atoms with Gasteiger partial charge in [0.1, 0.15) is 12.6 Å². The van der Waals surface area contributed by atoms with Gasteiger partial charge in [-0.3, -0.25) is 4.79 Å². The first-order valence-corrected chi connectivity index (χ1v) is 10.7. The molecule has 0 radical (unpaired) electrons. The van der Waals surface area contributed by atoms with Gasteiger partial charge in [-0.15, -0.1) is 4.68 Å². The molecular weight excluding hydrogens is 394 g/mol. The zero-order valence-corrected chi connectivity index (χ0v) is 17.4. The van der Waals surface area contributed by atoms with Gasteiger partial charge in [-0.25, -0.2) is 4.79 Å². The Hall–Kier alpha value is -3.23. The minimum Gasteiger partial charge on any atom is -0.388 e. The molecule has 1 aromatic heterocycles. The Kier molecular flexibility index (Phi) is 6.59. The Labute approximate surface area is 180 Å². The second-order valence-electron chi connectivity index (χ2n) is 7.87. The van der Waals surface area contributed by atoms with E-state index in [9.17, 15) is 14.7 Å². The molecule has 2 heterocycles. The van der Waals surface area contributed by atoms with Crippen molar-refractivity contribution in [2.75, 3.05) is 25.0 Å². The van der Waals surface area contributed by atoms with Gasteiger partial charge in [-0.05, 0) is 50.2 Å². The van der Waals surface area contributed by atoms with Gasteiger partial charge in [0.15, 0.2) is 5.69 Å². The first kappa shape index (κ1) is 21.0. The maximum absolute atomic E-state index is 13.2. The summed E-state index contributed by atoms with van der Waals surface area (Å²) in [5.41, 5.74) is 0.695. The van der Waals surface area contributed by atoms with Gasteiger partial charge in [-0.2, -0.15) is 0 Å². The van der Waals surface area contributed by atoms with Gasteiger partial charge >= 0.3 is 17.2 Å². The second kappa shape index (κ2) is 9.72. The first-order valence-electron chi connectivity index (χ1n) is 10.7. The van der Waals surface area contributed by atoms with Gasteiger partial charge in [0.05, 0.1) is 0 Å². The Bertz CT molecular complexity index is 1060. The molecule has 1 atom stereocenters. The number of carbonyl (C=O) groups is 1. The summed E-state index contributed by atoms with van der Waals surface area (Å²) in [5, 5.41) is 16.5. The second-order valence-corrected chi connectivity index (χ2v) is 7.87. The number of H-pyrrole nitrogens is 1. The highest BCUT2D eigenvalue weighted by Crippen LogP contribution is 2.10. The number of carbonyl (C=O) groups excluding carboxylic acids is 1. The Morgan fingerprint density at radius 2 is 1.68 bits per heavy atom. The lowest BCUT2D eigenvalue weighted by Crippen LogP contribution is -2.51. The maximum Gasteiger partial charge on any atom is 0.411 e. The monoisotopic (exact) mass is 422 g/mol. The molecular formula is C23H28N5O3+. The molecule has 0 aliphatic carbocycles. The molecule has 0 saturated carbocycles. The number of aromatic nitrogens is 3. The van der Waals surface area contributed by atoms with Crippen LogP contribution >= 0.6 is 0 Å². The third-order valence-electron chi connectivity index (χ3n) is 5.47. The summed E-state index contributed by atoms with van der Waals surface area (Å²) in [6, 6.07) is 18.1. The number of benzene rings is 2. The molecule has 8 heteroatoms. The molecule has 0 spiro atoms. The summed E-state index contributed by atoms with van der Waals surface area (Å²) in [4.78, 5) is 28.4. The standard InChI is InChI=1S/C23H27N5O3/c29-20(16-26-14-8-3-9-15-26)17-27-21(22(30)24-18-10-4-1-5-11-18)23(31)28(25-27)19-12-6-2-7-13-19/h1-2,4-7,10-13,20,29H,3,8-9,14-17H2,(H-,24,25,30,31)/p+1/t20-/m1/s1. The van der Waals surface area contributed by atoms with Crippen molar-refractivity contribution in [3.63, 3.8) is 0 Å². The van der Waals surface area contributed by atoms with E-state index in [4.69, 9.17) is 0 Å². The number of aromatic amines is 1. The van der Waals surface area contributed by atoms with E-state index in [0.29, 0.717) is 17.9 Å². The highest BCUT2D eigenvalue weighted by atomic mass is 16.3. The lowest BCUT2D eigenvalue weighted by atomic mass is 10.1. The number of nitrogens with one attached hydrogen (secondary N) is 2. The number of nitrogens with zero attached hydrogens (tertiary/aromatic N) is 3. The predicted octanol–water partition coefficient (Wildman–Crippen LogP) is 1.55. The SMILES string of the molecule is O=C(Nc1ccccc1)c1c(=O)n(-c2ccccc2)[nH][n+]1C[C@H](O)CN1CCCCC1. The number of aliphatic hydroxyl groups is 1. The Morgan fingerprint density at radius 1 is 1.03 bits per heavy atom. The molecule has 2 aromatic carbocycles. The zero-order valence-electron chi connectivity index (χ0n) is 17.4. The van der Waals surface area contributed by atoms with Crippen molar-refractivity contribution in [1.29, 1.82) is 0 Å². The fourth-order valence-corrected chi connectivity index (χ4v) is 3.96. The van der Waals surface area contributed by atoms with E-state index >= 15 is 0 Å². The highest BCUT2D eigenvalue weighted by molar-refractivity contribution is 6.01. The molecule has 1 amide bonds. The molecule has 3 aromatic rings. The number of aliphatic hydroxyl groups excluding tert-OH is 1.